The molecule has 4 heteroatoms. The topological polar surface area (TPSA) is 47.8 Å². The minimum atomic E-state index is 0.268. The molecule has 1 aromatic rings. The van der Waals surface area contributed by atoms with Gasteiger partial charge in [0.2, 0.25) is 0 Å². The summed E-state index contributed by atoms with van der Waals surface area (Å²) in [6.45, 7) is 4.06. The van der Waals surface area contributed by atoms with Crippen molar-refractivity contribution in [2.75, 3.05) is 0 Å². The highest BCUT2D eigenvalue weighted by molar-refractivity contribution is 5.74. The average Bonchev–Trinajstić information content (AvgIpc) is 2.44. The molecule has 0 N–H and O–H groups in total. The Bertz CT molecular complexity index is 339. The van der Waals surface area contributed by atoms with Crippen LogP contribution in [-0.2, 0) is 0 Å². The predicted molar refractivity (Wildman–Crippen MR) is 52.4 cm³/mol. The van der Waals surface area contributed by atoms with Crippen LogP contribution in [0.5, 0.6) is 0 Å². The summed E-state index contributed by atoms with van der Waals surface area (Å²) in [6, 6.07) is 0.412. The van der Waals surface area contributed by atoms with Gasteiger partial charge in [0.15, 0.2) is 6.29 Å². The lowest BCUT2D eigenvalue weighted by molar-refractivity contribution is 0.110. The van der Waals surface area contributed by atoms with Gasteiger partial charge in [0.1, 0.15) is 5.69 Å². The van der Waals surface area contributed by atoms with Gasteiger partial charge in [-0.3, -0.25) is 4.79 Å². The molecule has 0 bridgehead atoms. The van der Waals surface area contributed by atoms with Crippen LogP contribution in [0.15, 0.2) is 0 Å². The van der Waals surface area contributed by atoms with E-state index in [2.05, 4.69) is 10.3 Å². The molecule has 1 fully saturated rings. The fraction of sp³-hybridized carbons (Fsp3) is 0.700. The van der Waals surface area contributed by atoms with Gasteiger partial charge in [-0.25, -0.2) is 4.68 Å². The van der Waals surface area contributed by atoms with Crippen molar-refractivity contribution < 1.29 is 4.79 Å². The largest absolute Gasteiger partial charge is 0.296 e. The van der Waals surface area contributed by atoms with E-state index < -0.39 is 0 Å². The Morgan fingerprint density at radius 1 is 1.50 bits per heavy atom. The Morgan fingerprint density at radius 3 is 2.64 bits per heavy atom. The van der Waals surface area contributed by atoms with E-state index in [9.17, 15) is 4.79 Å². The second kappa shape index (κ2) is 3.52. The van der Waals surface area contributed by atoms with E-state index in [1.807, 2.05) is 13.8 Å². The number of carbonyl (C=O) groups is 1. The molecule has 0 spiro atoms. The van der Waals surface area contributed by atoms with Gasteiger partial charge in [0, 0.05) is 0 Å². The summed E-state index contributed by atoms with van der Waals surface area (Å²) in [7, 11) is 0. The minimum Gasteiger partial charge on any atom is -0.296 e. The summed E-state index contributed by atoms with van der Waals surface area (Å²) in [6.07, 6.45) is 4.37. The smallest absolute Gasteiger partial charge is 0.170 e. The maximum atomic E-state index is 11.0. The van der Waals surface area contributed by atoms with Crippen LogP contribution in [0, 0.1) is 0 Å². The molecule has 0 aromatic carbocycles. The van der Waals surface area contributed by atoms with Gasteiger partial charge in [-0.05, 0) is 25.2 Å². The van der Waals surface area contributed by atoms with Crippen molar-refractivity contribution in [1.29, 1.82) is 0 Å². The second-order valence-corrected chi connectivity index (χ2v) is 4.16. The molecule has 14 heavy (non-hydrogen) atoms. The summed E-state index contributed by atoms with van der Waals surface area (Å²) in [5, 5.41) is 8.14. The number of nitrogens with zero attached hydrogens (tertiary/aromatic N) is 3. The predicted octanol–water partition coefficient (Wildman–Crippen LogP) is 1.94. The number of hydrogen-bond donors (Lipinski definition) is 0. The van der Waals surface area contributed by atoms with E-state index in [-0.39, 0.29) is 5.92 Å². The van der Waals surface area contributed by atoms with Crippen molar-refractivity contribution >= 4 is 6.29 Å². The molecule has 0 saturated heterocycles. The third-order valence-electron chi connectivity index (χ3n) is 2.84. The third-order valence-corrected chi connectivity index (χ3v) is 2.84. The first-order valence-electron chi connectivity index (χ1n) is 5.14. The zero-order valence-corrected chi connectivity index (χ0v) is 8.60. The Morgan fingerprint density at radius 2 is 2.21 bits per heavy atom. The van der Waals surface area contributed by atoms with Gasteiger partial charge in [0.05, 0.1) is 11.7 Å². The first-order chi connectivity index (χ1) is 6.74. The van der Waals surface area contributed by atoms with E-state index in [0.717, 1.165) is 24.8 Å². The lowest BCUT2D eigenvalue weighted by Crippen LogP contribution is -2.20. The molecule has 0 amide bonds. The minimum absolute atomic E-state index is 0.268. The summed E-state index contributed by atoms with van der Waals surface area (Å²) in [5.41, 5.74) is 1.50. The molecule has 76 valence electrons. The number of hydrogen-bond acceptors (Lipinski definition) is 3. The van der Waals surface area contributed by atoms with Crippen molar-refractivity contribution in [2.45, 2.75) is 45.1 Å². The van der Waals surface area contributed by atoms with E-state index in [0.29, 0.717) is 11.7 Å². The van der Waals surface area contributed by atoms with Crippen molar-refractivity contribution in [3.05, 3.63) is 11.4 Å². The maximum absolute atomic E-state index is 11.0. The maximum Gasteiger partial charge on any atom is 0.170 e. The van der Waals surface area contributed by atoms with E-state index in [4.69, 9.17) is 0 Å². The first kappa shape index (κ1) is 9.37. The van der Waals surface area contributed by atoms with Gasteiger partial charge >= 0.3 is 0 Å². The normalized spacial score (nSPS) is 17.1. The molecular weight excluding hydrogens is 178 g/mol. The molecule has 0 atom stereocenters. The zero-order valence-electron chi connectivity index (χ0n) is 8.60. The second-order valence-electron chi connectivity index (χ2n) is 4.16. The number of aromatic nitrogens is 3. The third kappa shape index (κ3) is 1.35. The molecule has 0 radical (unpaired) electrons. The number of carbonyl (C=O) groups excluding carboxylic acids is 1. The summed E-state index contributed by atoms with van der Waals surface area (Å²) >= 11 is 0. The van der Waals surface area contributed by atoms with Gasteiger partial charge in [-0.15, -0.1) is 5.10 Å². The molecule has 1 aliphatic rings. The molecule has 4 nitrogen and oxygen atoms in total. The molecule has 0 unspecified atom stereocenters. The highest BCUT2D eigenvalue weighted by Crippen LogP contribution is 2.32. The molecular formula is C10H15N3O. The average molecular weight is 193 g/mol. The molecule has 1 saturated carbocycles. The summed E-state index contributed by atoms with van der Waals surface area (Å²) in [4.78, 5) is 11.0. The van der Waals surface area contributed by atoms with Crippen LogP contribution < -0.4 is 0 Å². The van der Waals surface area contributed by atoms with E-state index in [1.165, 1.54) is 6.42 Å². The van der Waals surface area contributed by atoms with E-state index in [1.54, 1.807) is 4.68 Å². The standard InChI is InChI=1S/C10H15N3O/c1-7(2)10-9(6-14)13(12-11-10)8-4-3-5-8/h6-8H,3-5H2,1-2H3. The van der Waals surface area contributed by atoms with Crippen LogP contribution in [0.3, 0.4) is 0 Å². The summed E-state index contributed by atoms with van der Waals surface area (Å²) < 4.78 is 1.80. The van der Waals surface area contributed by atoms with Crippen LogP contribution in [0.25, 0.3) is 0 Å². The Hall–Kier alpha value is -1.19. The van der Waals surface area contributed by atoms with Crippen molar-refractivity contribution in [3.8, 4) is 0 Å². The van der Waals surface area contributed by atoms with Crippen LogP contribution >= 0.6 is 0 Å². The SMILES string of the molecule is CC(C)c1nnn(C2CCC2)c1C=O. The Kier molecular flexibility index (Phi) is 2.35. The fourth-order valence-electron chi connectivity index (χ4n) is 1.74. The lowest BCUT2D eigenvalue weighted by Gasteiger charge is -2.25. The molecule has 1 aliphatic carbocycles. The monoisotopic (exact) mass is 193 g/mol. The van der Waals surface area contributed by atoms with Gasteiger partial charge in [-0.2, -0.15) is 0 Å². The van der Waals surface area contributed by atoms with Crippen LogP contribution in [0.1, 0.15) is 61.3 Å². The zero-order chi connectivity index (χ0) is 10.1. The number of aldehydes is 1. The Labute approximate surface area is 83.3 Å². The lowest BCUT2D eigenvalue weighted by atomic mass is 9.93. The number of rotatable bonds is 3. The Balaban J connectivity index is 2.35. The van der Waals surface area contributed by atoms with E-state index >= 15 is 0 Å². The first-order valence-corrected chi connectivity index (χ1v) is 5.14. The van der Waals surface area contributed by atoms with Crippen LogP contribution in [-0.4, -0.2) is 21.3 Å². The van der Waals surface area contributed by atoms with Crippen molar-refractivity contribution in [3.63, 3.8) is 0 Å². The van der Waals surface area contributed by atoms with Crippen LogP contribution in [0.4, 0.5) is 0 Å². The highest BCUT2D eigenvalue weighted by atomic mass is 16.1. The molecule has 2 rings (SSSR count). The van der Waals surface area contributed by atoms with Crippen molar-refractivity contribution in [2.24, 2.45) is 0 Å². The molecule has 1 aromatic heterocycles. The van der Waals surface area contributed by atoms with Crippen molar-refractivity contribution in [1.82, 2.24) is 15.0 Å². The summed E-state index contributed by atoms with van der Waals surface area (Å²) in [5.74, 6) is 0.268. The molecule has 0 aliphatic heterocycles. The quantitative estimate of drug-likeness (QED) is 0.689. The van der Waals surface area contributed by atoms with Crippen LogP contribution in [0.2, 0.25) is 0 Å². The molecule has 1 heterocycles. The fourth-order valence-corrected chi connectivity index (χ4v) is 1.74. The van der Waals surface area contributed by atoms with Gasteiger partial charge < -0.3 is 0 Å². The van der Waals surface area contributed by atoms with Gasteiger partial charge in [0.25, 0.3) is 0 Å². The van der Waals surface area contributed by atoms with Gasteiger partial charge in [-0.1, -0.05) is 19.1 Å². The highest BCUT2D eigenvalue weighted by Gasteiger charge is 2.25.